The van der Waals surface area contributed by atoms with E-state index in [9.17, 15) is 4.79 Å². The second kappa shape index (κ2) is 8.80. The van der Waals surface area contributed by atoms with Crippen LogP contribution in [0.3, 0.4) is 0 Å². The third-order valence-electron chi connectivity index (χ3n) is 4.95. The Bertz CT molecular complexity index is 970. The minimum Gasteiger partial charge on any atom is -0.492 e. The first-order chi connectivity index (χ1) is 14.2. The largest absolute Gasteiger partial charge is 0.492 e. The molecule has 4 rings (SSSR count). The van der Waals surface area contributed by atoms with Gasteiger partial charge in [-0.3, -0.25) is 4.79 Å². The van der Waals surface area contributed by atoms with Crippen LogP contribution in [0, 0.1) is 0 Å². The molecule has 0 saturated heterocycles. The molecule has 2 N–H and O–H groups in total. The highest BCUT2D eigenvalue weighted by Gasteiger charge is 2.20. The third-order valence-corrected chi connectivity index (χ3v) is 4.95. The summed E-state index contributed by atoms with van der Waals surface area (Å²) in [4.78, 5) is 10.7. The van der Waals surface area contributed by atoms with Crippen LogP contribution in [0.5, 0.6) is 11.5 Å². The Morgan fingerprint density at radius 2 is 1.79 bits per heavy atom. The van der Waals surface area contributed by atoms with Crippen LogP contribution in [-0.2, 0) is 17.8 Å². The van der Waals surface area contributed by atoms with Crippen molar-refractivity contribution in [2.45, 2.75) is 19.1 Å². The summed E-state index contributed by atoms with van der Waals surface area (Å²) >= 11 is 0. The quantitative estimate of drug-likeness (QED) is 0.641. The van der Waals surface area contributed by atoms with Crippen molar-refractivity contribution < 1.29 is 19.4 Å². The minimum atomic E-state index is -0.859. The SMILES string of the molecule is O=C(O)CNC1COc2cc(-c3ccc(OCc4ccccc4)cc3)ccc2C1. The zero-order chi connectivity index (χ0) is 20.1. The molecule has 3 aromatic rings. The van der Waals surface area contributed by atoms with E-state index in [-0.39, 0.29) is 12.6 Å². The number of hydrogen-bond donors (Lipinski definition) is 2. The fraction of sp³-hybridized carbons (Fsp3) is 0.208. The van der Waals surface area contributed by atoms with Crippen LogP contribution in [0.4, 0.5) is 0 Å². The molecule has 5 nitrogen and oxygen atoms in total. The predicted molar refractivity (Wildman–Crippen MR) is 111 cm³/mol. The van der Waals surface area contributed by atoms with Crippen LogP contribution in [0.2, 0.25) is 0 Å². The van der Waals surface area contributed by atoms with E-state index in [2.05, 4.69) is 17.4 Å². The number of rotatable bonds is 7. The highest BCUT2D eigenvalue weighted by Crippen LogP contribution is 2.31. The topological polar surface area (TPSA) is 67.8 Å². The molecule has 0 amide bonds. The van der Waals surface area contributed by atoms with Gasteiger partial charge in [0.1, 0.15) is 24.7 Å². The molecule has 148 valence electrons. The molecule has 0 aromatic heterocycles. The molecule has 0 spiro atoms. The molecule has 1 aliphatic heterocycles. The van der Waals surface area contributed by atoms with Gasteiger partial charge in [-0.1, -0.05) is 54.6 Å². The number of carboxylic acids is 1. The number of ether oxygens (including phenoxy) is 2. The Hall–Kier alpha value is -3.31. The molecule has 3 aromatic carbocycles. The van der Waals surface area contributed by atoms with Gasteiger partial charge < -0.3 is 19.9 Å². The summed E-state index contributed by atoms with van der Waals surface area (Å²) in [6.07, 6.45) is 0.759. The lowest BCUT2D eigenvalue weighted by Gasteiger charge is -2.26. The van der Waals surface area contributed by atoms with Gasteiger partial charge in [0.15, 0.2) is 0 Å². The molecule has 1 heterocycles. The van der Waals surface area contributed by atoms with Crippen molar-refractivity contribution in [2.24, 2.45) is 0 Å². The molecule has 1 atom stereocenters. The van der Waals surface area contributed by atoms with Crippen LogP contribution in [0.1, 0.15) is 11.1 Å². The average Bonchev–Trinajstić information content (AvgIpc) is 2.77. The zero-order valence-electron chi connectivity index (χ0n) is 16.0. The van der Waals surface area contributed by atoms with Gasteiger partial charge in [0.2, 0.25) is 0 Å². The lowest BCUT2D eigenvalue weighted by molar-refractivity contribution is -0.136. The monoisotopic (exact) mass is 389 g/mol. The summed E-state index contributed by atoms with van der Waals surface area (Å²) in [5, 5.41) is 11.8. The molecule has 1 aliphatic rings. The molecule has 29 heavy (non-hydrogen) atoms. The Morgan fingerprint density at radius 3 is 2.55 bits per heavy atom. The van der Waals surface area contributed by atoms with E-state index in [4.69, 9.17) is 14.6 Å². The van der Waals surface area contributed by atoms with Crippen molar-refractivity contribution >= 4 is 5.97 Å². The summed E-state index contributed by atoms with van der Waals surface area (Å²) < 4.78 is 11.7. The van der Waals surface area contributed by atoms with Crippen molar-refractivity contribution in [1.29, 1.82) is 0 Å². The molecule has 0 saturated carbocycles. The maximum atomic E-state index is 10.7. The van der Waals surface area contributed by atoms with Crippen molar-refractivity contribution in [3.05, 3.63) is 83.9 Å². The van der Waals surface area contributed by atoms with Gasteiger partial charge in [-0.05, 0) is 46.9 Å². The van der Waals surface area contributed by atoms with Crippen molar-refractivity contribution in [1.82, 2.24) is 5.32 Å². The highest BCUT2D eigenvalue weighted by molar-refractivity contribution is 5.69. The Kier molecular flexibility index (Phi) is 5.77. The summed E-state index contributed by atoms with van der Waals surface area (Å²) in [6, 6.07) is 24.3. The average molecular weight is 389 g/mol. The van der Waals surface area contributed by atoms with Crippen LogP contribution in [0.25, 0.3) is 11.1 Å². The number of carbonyl (C=O) groups is 1. The van der Waals surface area contributed by atoms with Crippen LogP contribution in [-0.4, -0.2) is 30.3 Å². The molecule has 0 aliphatic carbocycles. The fourth-order valence-electron chi connectivity index (χ4n) is 3.40. The van der Waals surface area contributed by atoms with Crippen molar-refractivity contribution in [3.8, 4) is 22.6 Å². The summed E-state index contributed by atoms with van der Waals surface area (Å²) in [5.41, 5.74) is 4.40. The first-order valence-electron chi connectivity index (χ1n) is 9.65. The summed E-state index contributed by atoms with van der Waals surface area (Å²) in [5.74, 6) is 0.835. The standard InChI is InChI=1S/C24H23NO4/c26-24(27)14-25-21-12-20-7-6-19(13-23(20)29-16-21)18-8-10-22(11-9-18)28-15-17-4-2-1-3-5-17/h1-11,13,21,25H,12,14-16H2,(H,26,27). The number of hydrogen-bond acceptors (Lipinski definition) is 4. The number of aliphatic carboxylic acids is 1. The van der Waals surface area contributed by atoms with Gasteiger partial charge in [0, 0.05) is 6.04 Å². The molecular weight excluding hydrogens is 366 g/mol. The van der Waals surface area contributed by atoms with Crippen molar-refractivity contribution in [3.63, 3.8) is 0 Å². The molecular formula is C24H23NO4. The van der Waals surface area contributed by atoms with Gasteiger partial charge in [-0.25, -0.2) is 0 Å². The molecule has 0 fully saturated rings. The number of fused-ring (bicyclic) bond motifs is 1. The van der Waals surface area contributed by atoms with E-state index >= 15 is 0 Å². The van der Waals surface area contributed by atoms with Crippen LogP contribution in [0.15, 0.2) is 72.8 Å². The van der Waals surface area contributed by atoms with E-state index in [1.165, 1.54) is 0 Å². The second-order valence-corrected chi connectivity index (χ2v) is 7.11. The van der Waals surface area contributed by atoms with Gasteiger partial charge in [-0.2, -0.15) is 0 Å². The van der Waals surface area contributed by atoms with E-state index < -0.39 is 5.97 Å². The van der Waals surface area contributed by atoms with E-state index in [1.54, 1.807) is 0 Å². The maximum Gasteiger partial charge on any atom is 0.317 e. The van der Waals surface area contributed by atoms with Gasteiger partial charge >= 0.3 is 5.97 Å². The third kappa shape index (κ3) is 4.95. The van der Waals surface area contributed by atoms with Crippen LogP contribution < -0.4 is 14.8 Å². The van der Waals surface area contributed by atoms with Gasteiger partial charge in [0.05, 0.1) is 6.54 Å². The predicted octanol–water partition coefficient (Wildman–Crippen LogP) is 3.91. The minimum absolute atomic E-state index is 0.0190. The molecule has 1 unspecified atom stereocenters. The molecule has 0 bridgehead atoms. The van der Waals surface area contributed by atoms with Crippen LogP contribution >= 0.6 is 0 Å². The van der Waals surface area contributed by atoms with E-state index in [0.717, 1.165) is 40.2 Å². The molecule has 0 radical (unpaired) electrons. The van der Waals surface area contributed by atoms with Gasteiger partial charge in [0.25, 0.3) is 0 Å². The zero-order valence-corrected chi connectivity index (χ0v) is 16.0. The van der Waals surface area contributed by atoms with E-state index in [0.29, 0.717) is 13.2 Å². The first-order valence-corrected chi connectivity index (χ1v) is 9.65. The number of carboxylic acid groups (broad SMARTS) is 1. The van der Waals surface area contributed by atoms with E-state index in [1.807, 2.05) is 60.7 Å². The summed E-state index contributed by atoms with van der Waals surface area (Å²) in [6.45, 7) is 0.958. The lowest BCUT2D eigenvalue weighted by Crippen LogP contribution is -2.41. The Labute approximate surface area is 169 Å². The Balaban J connectivity index is 1.39. The summed E-state index contributed by atoms with van der Waals surface area (Å²) in [7, 11) is 0. The first kappa shape index (κ1) is 19.0. The smallest absolute Gasteiger partial charge is 0.317 e. The molecule has 5 heteroatoms. The number of benzene rings is 3. The maximum absolute atomic E-state index is 10.7. The normalized spacial score (nSPS) is 15.2. The van der Waals surface area contributed by atoms with Gasteiger partial charge in [-0.15, -0.1) is 0 Å². The fourth-order valence-corrected chi connectivity index (χ4v) is 3.40. The lowest BCUT2D eigenvalue weighted by atomic mass is 9.98. The second-order valence-electron chi connectivity index (χ2n) is 7.11. The number of nitrogens with one attached hydrogen (secondary N) is 1. The van der Waals surface area contributed by atoms with Crippen molar-refractivity contribution in [2.75, 3.05) is 13.2 Å². The Morgan fingerprint density at radius 1 is 1.03 bits per heavy atom. The highest BCUT2D eigenvalue weighted by atomic mass is 16.5.